The fourth-order valence-electron chi connectivity index (χ4n) is 1.70. The van der Waals surface area contributed by atoms with Gasteiger partial charge in [0, 0.05) is 9.50 Å². The van der Waals surface area contributed by atoms with E-state index in [9.17, 15) is 8.42 Å². The molecule has 0 heterocycles. The number of sulfonamides is 1. The summed E-state index contributed by atoms with van der Waals surface area (Å²) in [6.07, 6.45) is 0. The van der Waals surface area contributed by atoms with Gasteiger partial charge in [-0.2, -0.15) is 0 Å². The standard InChI is InChI=1S/C14H13BrClNO3S/c1-2-20-14-7-6-11(16)9-13(14)17-21(18,19)12-5-3-4-10(15)8-12/h3-9,17H,2H2,1H3. The van der Waals surface area contributed by atoms with E-state index in [2.05, 4.69) is 20.7 Å². The molecule has 2 aromatic carbocycles. The Morgan fingerprint density at radius 1 is 1.24 bits per heavy atom. The predicted molar refractivity (Wildman–Crippen MR) is 87.6 cm³/mol. The minimum absolute atomic E-state index is 0.152. The molecule has 0 aliphatic carbocycles. The van der Waals surface area contributed by atoms with E-state index in [4.69, 9.17) is 16.3 Å². The summed E-state index contributed by atoms with van der Waals surface area (Å²) in [5.74, 6) is 0.431. The second-order valence-corrected chi connectivity index (χ2v) is 7.17. The fraction of sp³-hybridized carbons (Fsp3) is 0.143. The van der Waals surface area contributed by atoms with Crippen molar-refractivity contribution in [1.29, 1.82) is 0 Å². The van der Waals surface area contributed by atoms with Gasteiger partial charge in [0.25, 0.3) is 10.0 Å². The Balaban J connectivity index is 2.38. The van der Waals surface area contributed by atoms with Crippen LogP contribution in [0.15, 0.2) is 51.8 Å². The first-order chi connectivity index (χ1) is 9.92. The molecule has 4 nitrogen and oxygen atoms in total. The molecule has 7 heteroatoms. The lowest BCUT2D eigenvalue weighted by Gasteiger charge is -2.13. The zero-order valence-corrected chi connectivity index (χ0v) is 14.3. The lowest BCUT2D eigenvalue weighted by atomic mass is 10.3. The summed E-state index contributed by atoms with van der Waals surface area (Å²) in [6.45, 7) is 2.24. The van der Waals surface area contributed by atoms with E-state index in [1.165, 1.54) is 18.2 Å². The van der Waals surface area contributed by atoms with E-state index in [0.717, 1.165) is 0 Å². The molecule has 0 aliphatic heterocycles. The molecule has 0 amide bonds. The first kappa shape index (κ1) is 16.1. The van der Waals surface area contributed by atoms with Crippen molar-refractivity contribution in [2.24, 2.45) is 0 Å². The molecule has 0 saturated carbocycles. The number of benzene rings is 2. The van der Waals surface area contributed by atoms with Crippen LogP contribution in [0.5, 0.6) is 5.75 Å². The van der Waals surface area contributed by atoms with E-state index in [-0.39, 0.29) is 4.90 Å². The van der Waals surface area contributed by atoms with Gasteiger partial charge >= 0.3 is 0 Å². The average Bonchev–Trinajstić information content (AvgIpc) is 2.42. The number of hydrogen-bond donors (Lipinski definition) is 1. The minimum Gasteiger partial charge on any atom is -0.492 e. The largest absolute Gasteiger partial charge is 0.492 e. The second kappa shape index (κ2) is 6.68. The quantitative estimate of drug-likeness (QED) is 0.828. The highest BCUT2D eigenvalue weighted by molar-refractivity contribution is 9.10. The molecular formula is C14H13BrClNO3S. The Kier molecular flexibility index (Phi) is 5.13. The van der Waals surface area contributed by atoms with E-state index >= 15 is 0 Å². The van der Waals surface area contributed by atoms with Gasteiger partial charge in [-0.3, -0.25) is 4.72 Å². The van der Waals surface area contributed by atoms with Crippen molar-refractivity contribution in [1.82, 2.24) is 0 Å². The van der Waals surface area contributed by atoms with Crippen LogP contribution in [-0.4, -0.2) is 15.0 Å². The summed E-state index contributed by atoms with van der Waals surface area (Å²) in [4.78, 5) is 0.152. The Labute approximate surface area is 137 Å². The first-order valence-corrected chi connectivity index (χ1v) is 8.78. The van der Waals surface area contributed by atoms with Gasteiger partial charge < -0.3 is 4.74 Å². The smallest absolute Gasteiger partial charge is 0.262 e. The second-order valence-electron chi connectivity index (χ2n) is 4.14. The maximum Gasteiger partial charge on any atom is 0.262 e. The van der Waals surface area contributed by atoms with Crippen LogP contribution in [0.1, 0.15) is 6.92 Å². The molecular weight excluding hydrogens is 378 g/mol. The van der Waals surface area contributed by atoms with Gasteiger partial charge in [0.05, 0.1) is 17.2 Å². The SMILES string of the molecule is CCOc1ccc(Cl)cc1NS(=O)(=O)c1cccc(Br)c1. The molecule has 0 aliphatic rings. The van der Waals surface area contributed by atoms with Crippen LogP contribution in [0.25, 0.3) is 0 Å². The Hall–Kier alpha value is -1.24. The highest BCUT2D eigenvalue weighted by Crippen LogP contribution is 2.30. The van der Waals surface area contributed by atoms with Gasteiger partial charge in [-0.15, -0.1) is 0 Å². The van der Waals surface area contributed by atoms with Crippen LogP contribution in [0, 0.1) is 0 Å². The summed E-state index contributed by atoms with van der Waals surface area (Å²) in [7, 11) is -3.71. The van der Waals surface area contributed by atoms with Gasteiger partial charge in [-0.25, -0.2) is 8.42 Å². The average molecular weight is 391 g/mol. The monoisotopic (exact) mass is 389 g/mol. The fourth-order valence-corrected chi connectivity index (χ4v) is 3.53. The molecule has 21 heavy (non-hydrogen) atoms. The third-order valence-electron chi connectivity index (χ3n) is 2.59. The Morgan fingerprint density at radius 3 is 2.67 bits per heavy atom. The van der Waals surface area contributed by atoms with Crippen molar-refractivity contribution in [3.8, 4) is 5.75 Å². The number of anilines is 1. The minimum atomic E-state index is -3.71. The molecule has 112 valence electrons. The number of rotatable bonds is 5. The number of ether oxygens (including phenoxy) is 1. The van der Waals surface area contributed by atoms with Crippen LogP contribution >= 0.6 is 27.5 Å². The zero-order chi connectivity index (χ0) is 15.5. The molecule has 0 radical (unpaired) electrons. The van der Waals surface area contributed by atoms with Gasteiger partial charge in [0.15, 0.2) is 0 Å². The molecule has 0 unspecified atom stereocenters. The molecule has 0 fully saturated rings. The van der Waals surface area contributed by atoms with E-state index < -0.39 is 10.0 Å². The molecule has 2 aromatic rings. The van der Waals surface area contributed by atoms with Crippen molar-refractivity contribution in [2.45, 2.75) is 11.8 Å². The summed E-state index contributed by atoms with van der Waals surface area (Å²) in [6, 6.07) is 11.2. The number of nitrogens with one attached hydrogen (secondary N) is 1. The van der Waals surface area contributed by atoms with Crippen LogP contribution in [0.3, 0.4) is 0 Å². The van der Waals surface area contributed by atoms with Crippen molar-refractivity contribution >= 4 is 43.2 Å². The highest BCUT2D eigenvalue weighted by atomic mass is 79.9. The normalized spacial score (nSPS) is 11.2. The molecule has 2 rings (SSSR count). The molecule has 0 aromatic heterocycles. The van der Waals surface area contributed by atoms with Gasteiger partial charge in [-0.1, -0.05) is 33.6 Å². The topological polar surface area (TPSA) is 55.4 Å². The first-order valence-electron chi connectivity index (χ1n) is 6.13. The molecule has 0 saturated heterocycles. The Bertz CT molecular complexity index is 750. The molecule has 0 atom stereocenters. The van der Waals surface area contributed by atoms with Crippen molar-refractivity contribution in [3.63, 3.8) is 0 Å². The third kappa shape index (κ3) is 4.12. The van der Waals surface area contributed by atoms with Crippen molar-refractivity contribution in [3.05, 3.63) is 52.0 Å². The van der Waals surface area contributed by atoms with Gasteiger partial charge in [-0.05, 0) is 43.3 Å². The maximum atomic E-state index is 12.4. The van der Waals surface area contributed by atoms with Gasteiger partial charge in [0.2, 0.25) is 0 Å². The summed E-state index contributed by atoms with van der Waals surface area (Å²) < 4.78 is 33.4. The third-order valence-corrected chi connectivity index (χ3v) is 4.68. The summed E-state index contributed by atoms with van der Waals surface area (Å²) >= 11 is 9.17. The lowest BCUT2D eigenvalue weighted by Crippen LogP contribution is -2.14. The van der Waals surface area contributed by atoms with Crippen molar-refractivity contribution < 1.29 is 13.2 Å². The van der Waals surface area contributed by atoms with Crippen LogP contribution in [0.4, 0.5) is 5.69 Å². The zero-order valence-electron chi connectivity index (χ0n) is 11.1. The number of halogens is 2. The van der Waals surface area contributed by atoms with Crippen LogP contribution in [-0.2, 0) is 10.0 Å². The summed E-state index contributed by atoms with van der Waals surface area (Å²) in [5, 5.41) is 0.422. The summed E-state index contributed by atoms with van der Waals surface area (Å²) in [5.41, 5.74) is 0.310. The number of hydrogen-bond acceptors (Lipinski definition) is 3. The Morgan fingerprint density at radius 2 is 2.00 bits per heavy atom. The maximum absolute atomic E-state index is 12.4. The lowest BCUT2D eigenvalue weighted by molar-refractivity contribution is 0.342. The van der Waals surface area contributed by atoms with Crippen LogP contribution in [0.2, 0.25) is 5.02 Å². The highest BCUT2D eigenvalue weighted by Gasteiger charge is 2.17. The molecule has 0 bridgehead atoms. The van der Waals surface area contributed by atoms with Gasteiger partial charge in [0.1, 0.15) is 5.75 Å². The van der Waals surface area contributed by atoms with E-state index in [1.807, 2.05) is 6.92 Å². The predicted octanol–water partition coefficient (Wildman–Crippen LogP) is 4.30. The van der Waals surface area contributed by atoms with E-state index in [1.54, 1.807) is 24.3 Å². The van der Waals surface area contributed by atoms with E-state index in [0.29, 0.717) is 27.5 Å². The molecule has 0 spiro atoms. The van der Waals surface area contributed by atoms with Crippen molar-refractivity contribution in [2.75, 3.05) is 11.3 Å². The molecule has 1 N–H and O–H groups in total. The van der Waals surface area contributed by atoms with Crippen LogP contribution < -0.4 is 9.46 Å².